The van der Waals surface area contributed by atoms with Crippen LogP contribution < -0.4 is 5.32 Å². The zero-order chi connectivity index (χ0) is 17.2. The van der Waals surface area contributed by atoms with Gasteiger partial charge in [0.1, 0.15) is 0 Å². The maximum absolute atomic E-state index is 12.1. The minimum Gasteiger partial charge on any atom is -0.355 e. The van der Waals surface area contributed by atoms with E-state index in [0.717, 1.165) is 18.7 Å². The number of nitrogens with zero attached hydrogens (tertiary/aromatic N) is 1. The summed E-state index contributed by atoms with van der Waals surface area (Å²) >= 11 is 1.83. The van der Waals surface area contributed by atoms with Crippen molar-refractivity contribution in [2.45, 2.75) is 24.3 Å². The molecule has 24 heavy (non-hydrogen) atoms. The Kier molecular flexibility index (Phi) is 7.86. The van der Waals surface area contributed by atoms with Crippen molar-refractivity contribution in [2.75, 3.05) is 25.9 Å². The molecule has 0 aromatic heterocycles. The Morgan fingerprint density at radius 2 is 1.71 bits per heavy atom. The van der Waals surface area contributed by atoms with E-state index in [1.165, 1.54) is 10.5 Å². The van der Waals surface area contributed by atoms with Crippen molar-refractivity contribution >= 4 is 17.7 Å². The van der Waals surface area contributed by atoms with Crippen molar-refractivity contribution in [3.8, 4) is 0 Å². The molecule has 0 bridgehead atoms. The normalized spacial score (nSPS) is 12.1. The van der Waals surface area contributed by atoms with Crippen LogP contribution in [0.4, 0.5) is 0 Å². The molecule has 0 aliphatic heterocycles. The highest BCUT2D eigenvalue weighted by Crippen LogP contribution is 2.18. The zero-order valence-electron chi connectivity index (χ0n) is 14.4. The van der Waals surface area contributed by atoms with Crippen LogP contribution in [0.15, 0.2) is 65.6 Å². The van der Waals surface area contributed by atoms with E-state index in [1.807, 2.05) is 55.2 Å². The molecular weight excluding hydrogens is 316 g/mol. The van der Waals surface area contributed by atoms with Crippen LogP contribution in [0.1, 0.15) is 24.9 Å². The van der Waals surface area contributed by atoms with Gasteiger partial charge in [0.15, 0.2) is 0 Å². The number of thioether (sulfide) groups is 1. The molecule has 0 saturated heterocycles. The van der Waals surface area contributed by atoms with E-state index in [4.69, 9.17) is 0 Å². The third-order valence-electron chi connectivity index (χ3n) is 3.99. The summed E-state index contributed by atoms with van der Waals surface area (Å²) in [5.74, 6) is 1.10. The molecule has 0 saturated carbocycles. The predicted octanol–water partition coefficient (Wildman–Crippen LogP) is 3.98. The van der Waals surface area contributed by atoms with Crippen LogP contribution in [-0.2, 0) is 4.79 Å². The first-order valence-electron chi connectivity index (χ1n) is 8.36. The van der Waals surface area contributed by atoms with E-state index < -0.39 is 0 Å². The Morgan fingerprint density at radius 1 is 1.08 bits per heavy atom. The van der Waals surface area contributed by atoms with Crippen LogP contribution in [0.2, 0.25) is 0 Å². The SMILES string of the molecule is CC(c1ccccc1)N(C)CC(=O)NCCCSc1ccccc1. The van der Waals surface area contributed by atoms with Gasteiger partial charge in [0, 0.05) is 17.5 Å². The summed E-state index contributed by atoms with van der Waals surface area (Å²) in [6.45, 7) is 3.27. The molecule has 2 aromatic carbocycles. The smallest absolute Gasteiger partial charge is 0.234 e. The largest absolute Gasteiger partial charge is 0.355 e. The molecule has 0 spiro atoms. The van der Waals surface area contributed by atoms with Crippen LogP contribution in [0.5, 0.6) is 0 Å². The summed E-state index contributed by atoms with van der Waals surface area (Å²) in [6.07, 6.45) is 0.975. The molecule has 1 N–H and O–H groups in total. The summed E-state index contributed by atoms with van der Waals surface area (Å²) in [7, 11) is 1.99. The number of rotatable bonds is 9. The molecule has 0 heterocycles. The van der Waals surface area contributed by atoms with Gasteiger partial charge in [-0.05, 0) is 43.8 Å². The van der Waals surface area contributed by atoms with E-state index in [1.54, 1.807) is 0 Å². The standard InChI is InChI=1S/C20H26N2OS/c1-17(18-10-5-3-6-11-18)22(2)16-20(23)21-14-9-15-24-19-12-7-4-8-13-19/h3-8,10-13,17H,9,14-16H2,1-2H3,(H,21,23). The highest BCUT2D eigenvalue weighted by Gasteiger charge is 2.14. The lowest BCUT2D eigenvalue weighted by Crippen LogP contribution is -2.36. The summed E-state index contributed by atoms with van der Waals surface area (Å²) in [4.78, 5) is 15.4. The van der Waals surface area contributed by atoms with Gasteiger partial charge < -0.3 is 5.32 Å². The maximum atomic E-state index is 12.1. The van der Waals surface area contributed by atoms with Crippen molar-refractivity contribution < 1.29 is 4.79 Å². The molecule has 2 rings (SSSR count). The lowest BCUT2D eigenvalue weighted by Gasteiger charge is -2.24. The lowest BCUT2D eigenvalue weighted by atomic mass is 10.1. The molecule has 0 aliphatic rings. The van der Waals surface area contributed by atoms with E-state index in [2.05, 4.69) is 41.4 Å². The van der Waals surface area contributed by atoms with E-state index >= 15 is 0 Å². The molecule has 128 valence electrons. The molecule has 1 atom stereocenters. The van der Waals surface area contributed by atoms with Crippen molar-refractivity contribution in [3.05, 3.63) is 66.2 Å². The van der Waals surface area contributed by atoms with Gasteiger partial charge in [-0.15, -0.1) is 11.8 Å². The van der Waals surface area contributed by atoms with Crippen molar-refractivity contribution in [2.24, 2.45) is 0 Å². The monoisotopic (exact) mass is 342 g/mol. The summed E-state index contributed by atoms with van der Waals surface area (Å²) < 4.78 is 0. The third kappa shape index (κ3) is 6.38. The Labute approximate surface area is 149 Å². The second-order valence-electron chi connectivity index (χ2n) is 5.87. The first-order chi connectivity index (χ1) is 11.7. The first kappa shape index (κ1) is 18.6. The molecule has 0 radical (unpaired) electrons. The van der Waals surface area contributed by atoms with Gasteiger partial charge in [0.05, 0.1) is 6.54 Å². The lowest BCUT2D eigenvalue weighted by molar-refractivity contribution is -0.122. The highest BCUT2D eigenvalue weighted by molar-refractivity contribution is 7.99. The van der Waals surface area contributed by atoms with Crippen LogP contribution in [0.3, 0.4) is 0 Å². The van der Waals surface area contributed by atoms with Crippen molar-refractivity contribution in [1.29, 1.82) is 0 Å². The average molecular weight is 343 g/mol. The molecule has 0 aliphatic carbocycles. The minimum atomic E-state index is 0.0880. The van der Waals surface area contributed by atoms with Crippen LogP contribution in [0, 0.1) is 0 Å². The van der Waals surface area contributed by atoms with Crippen LogP contribution in [-0.4, -0.2) is 36.7 Å². The van der Waals surface area contributed by atoms with Gasteiger partial charge in [-0.25, -0.2) is 0 Å². The van der Waals surface area contributed by atoms with E-state index in [0.29, 0.717) is 6.54 Å². The second kappa shape index (κ2) is 10.2. The molecule has 2 aromatic rings. The Balaban J connectivity index is 1.62. The third-order valence-corrected chi connectivity index (χ3v) is 5.09. The van der Waals surface area contributed by atoms with E-state index in [9.17, 15) is 4.79 Å². The molecular formula is C20H26N2OS. The summed E-state index contributed by atoms with van der Waals surface area (Å²) in [5, 5.41) is 3.01. The summed E-state index contributed by atoms with van der Waals surface area (Å²) in [5.41, 5.74) is 1.23. The fraction of sp³-hybridized carbons (Fsp3) is 0.350. The molecule has 3 nitrogen and oxygen atoms in total. The number of nitrogens with one attached hydrogen (secondary N) is 1. The van der Waals surface area contributed by atoms with Crippen molar-refractivity contribution in [3.63, 3.8) is 0 Å². The number of likely N-dealkylation sites (N-methyl/N-ethyl adjacent to an activating group) is 1. The Bertz CT molecular complexity index is 604. The van der Waals surface area contributed by atoms with Crippen molar-refractivity contribution in [1.82, 2.24) is 10.2 Å². The first-order valence-corrected chi connectivity index (χ1v) is 9.35. The Morgan fingerprint density at radius 3 is 2.38 bits per heavy atom. The number of amides is 1. The van der Waals surface area contributed by atoms with Crippen LogP contribution >= 0.6 is 11.8 Å². The fourth-order valence-corrected chi connectivity index (χ4v) is 3.29. The minimum absolute atomic E-state index is 0.0880. The number of carbonyl (C=O) groups is 1. The topological polar surface area (TPSA) is 32.3 Å². The molecule has 0 fully saturated rings. The van der Waals surface area contributed by atoms with Gasteiger partial charge in [0.2, 0.25) is 5.91 Å². The number of carbonyl (C=O) groups excluding carboxylic acids is 1. The fourth-order valence-electron chi connectivity index (χ4n) is 2.41. The second-order valence-corrected chi connectivity index (χ2v) is 7.04. The quantitative estimate of drug-likeness (QED) is 0.553. The van der Waals surface area contributed by atoms with Gasteiger partial charge in [0.25, 0.3) is 0 Å². The van der Waals surface area contributed by atoms with Gasteiger partial charge in [-0.2, -0.15) is 0 Å². The number of benzene rings is 2. The average Bonchev–Trinajstić information content (AvgIpc) is 2.62. The number of hydrogen-bond acceptors (Lipinski definition) is 3. The highest BCUT2D eigenvalue weighted by atomic mass is 32.2. The Hall–Kier alpha value is -1.78. The predicted molar refractivity (Wildman–Crippen MR) is 102 cm³/mol. The molecule has 1 unspecified atom stereocenters. The van der Waals surface area contributed by atoms with Crippen LogP contribution in [0.25, 0.3) is 0 Å². The van der Waals surface area contributed by atoms with Gasteiger partial charge in [-0.3, -0.25) is 9.69 Å². The molecule has 1 amide bonds. The van der Waals surface area contributed by atoms with Gasteiger partial charge in [-0.1, -0.05) is 48.5 Å². The van der Waals surface area contributed by atoms with Gasteiger partial charge >= 0.3 is 0 Å². The summed E-state index contributed by atoms with van der Waals surface area (Å²) in [6, 6.07) is 20.8. The maximum Gasteiger partial charge on any atom is 0.234 e. The zero-order valence-corrected chi connectivity index (χ0v) is 15.3. The number of hydrogen-bond donors (Lipinski definition) is 1. The molecule has 4 heteroatoms. The van der Waals surface area contributed by atoms with E-state index in [-0.39, 0.29) is 11.9 Å².